The second-order valence-electron chi connectivity index (χ2n) is 8.34. The zero-order chi connectivity index (χ0) is 17.5. The number of piperidine rings is 1. The predicted octanol–water partition coefficient (Wildman–Crippen LogP) is 2.01. The van der Waals surface area contributed by atoms with Gasteiger partial charge in [-0.3, -0.25) is 9.59 Å². The van der Waals surface area contributed by atoms with Crippen LogP contribution in [0.2, 0.25) is 0 Å². The van der Waals surface area contributed by atoms with Gasteiger partial charge in [-0.2, -0.15) is 0 Å². The van der Waals surface area contributed by atoms with Gasteiger partial charge < -0.3 is 15.2 Å². The summed E-state index contributed by atoms with van der Waals surface area (Å²) in [5, 5.41) is 3.43. The molecule has 3 heterocycles. The van der Waals surface area contributed by atoms with Crippen LogP contribution in [0.1, 0.15) is 61.9 Å². The Balaban J connectivity index is 0.00000225. The van der Waals surface area contributed by atoms with Crippen molar-refractivity contribution >= 4 is 18.3 Å². The largest absolute Gasteiger partial charge is 0.338 e. The standard InChI is InChI=1S/C18H28N4O2.ClH/c1-12-13(14(23)21-16(20-12)17(2,3)4)15(24)22-9-6-18(7-10-22)5-8-19-11-18;/h19H,5-11H2,1-4H3,(H,20,21,23);1H. The number of carbonyl (C=O) groups is 1. The van der Waals surface area contributed by atoms with Crippen molar-refractivity contribution < 1.29 is 4.79 Å². The molecule has 0 aliphatic carbocycles. The number of likely N-dealkylation sites (tertiary alicyclic amines) is 1. The summed E-state index contributed by atoms with van der Waals surface area (Å²) in [6.45, 7) is 11.3. The molecular weight excluding hydrogens is 340 g/mol. The van der Waals surface area contributed by atoms with Gasteiger partial charge in [0.05, 0.1) is 5.69 Å². The molecule has 1 aromatic rings. The van der Waals surface area contributed by atoms with Crippen LogP contribution in [-0.2, 0) is 5.41 Å². The van der Waals surface area contributed by atoms with Crippen molar-refractivity contribution in [3.05, 3.63) is 27.4 Å². The number of hydrogen-bond acceptors (Lipinski definition) is 4. The Morgan fingerprint density at radius 2 is 1.84 bits per heavy atom. The van der Waals surface area contributed by atoms with Crippen LogP contribution in [0.3, 0.4) is 0 Å². The second kappa shape index (κ2) is 7.08. The molecule has 0 atom stereocenters. The summed E-state index contributed by atoms with van der Waals surface area (Å²) in [7, 11) is 0. The van der Waals surface area contributed by atoms with Crippen molar-refractivity contribution in [3.63, 3.8) is 0 Å². The number of hydrogen-bond donors (Lipinski definition) is 2. The van der Waals surface area contributed by atoms with Gasteiger partial charge in [0.15, 0.2) is 0 Å². The van der Waals surface area contributed by atoms with Crippen molar-refractivity contribution in [3.8, 4) is 0 Å². The quantitative estimate of drug-likeness (QED) is 0.794. The van der Waals surface area contributed by atoms with Gasteiger partial charge in [0, 0.05) is 25.0 Å². The van der Waals surface area contributed by atoms with Crippen LogP contribution in [-0.4, -0.2) is 47.0 Å². The zero-order valence-corrected chi connectivity index (χ0v) is 16.4. The third kappa shape index (κ3) is 3.90. The van der Waals surface area contributed by atoms with E-state index in [2.05, 4.69) is 15.3 Å². The number of aryl methyl sites for hydroxylation is 1. The first-order valence-corrected chi connectivity index (χ1v) is 8.83. The van der Waals surface area contributed by atoms with Gasteiger partial charge in [-0.05, 0) is 38.1 Å². The lowest BCUT2D eigenvalue weighted by molar-refractivity contribution is 0.0604. The molecule has 1 aromatic heterocycles. The topological polar surface area (TPSA) is 78.1 Å². The summed E-state index contributed by atoms with van der Waals surface area (Å²) in [6, 6.07) is 0. The summed E-state index contributed by atoms with van der Waals surface area (Å²) in [6.07, 6.45) is 3.21. The molecule has 0 saturated carbocycles. The first-order chi connectivity index (χ1) is 11.2. The summed E-state index contributed by atoms with van der Waals surface area (Å²) < 4.78 is 0. The normalized spacial score (nSPS) is 19.8. The number of amides is 1. The van der Waals surface area contributed by atoms with Crippen LogP contribution in [0.15, 0.2) is 4.79 Å². The Kier molecular flexibility index (Phi) is 5.64. The molecule has 140 valence electrons. The van der Waals surface area contributed by atoms with Crippen molar-refractivity contribution in [2.45, 2.75) is 52.4 Å². The maximum atomic E-state index is 12.9. The van der Waals surface area contributed by atoms with Gasteiger partial charge in [-0.25, -0.2) is 4.98 Å². The summed E-state index contributed by atoms with van der Waals surface area (Å²) in [5.74, 6) is 0.443. The average molecular weight is 369 g/mol. The van der Waals surface area contributed by atoms with Crippen molar-refractivity contribution in [1.29, 1.82) is 0 Å². The van der Waals surface area contributed by atoms with Gasteiger partial charge in [-0.1, -0.05) is 20.8 Å². The number of rotatable bonds is 1. The minimum atomic E-state index is -0.319. The molecule has 0 radical (unpaired) electrons. The van der Waals surface area contributed by atoms with E-state index in [4.69, 9.17) is 0 Å². The molecule has 0 bridgehead atoms. The highest BCUT2D eigenvalue weighted by Crippen LogP contribution is 2.37. The molecule has 1 spiro atoms. The van der Waals surface area contributed by atoms with Crippen LogP contribution in [0.25, 0.3) is 0 Å². The fraction of sp³-hybridized carbons (Fsp3) is 0.722. The highest BCUT2D eigenvalue weighted by Gasteiger charge is 2.38. The van der Waals surface area contributed by atoms with Crippen LogP contribution in [0.5, 0.6) is 0 Å². The molecule has 2 saturated heterocycles. The van der Waals surface area contributed by atoms with Crippen molar-refractivity contribution in [2.24, 2.45) is 5.41 Å². The summed E-state index contributed by atoms with van der Waals surface area (Å²) >= 11 is 0. The van der Waals surface area contributed by atoms with E-state index in [9.17, 15) is 9.59 Å². The van der Waals surface area contributed by atoms with Crippen LogP contribution in [0, 0.1) is 12.3 Å². The first kappa shape index (κ1) is 19.9. The van der Waals surface area contributed by atoms with Crippen LogP contribution < -0.4 is 10.9 Å². The molecular formula is C18H29ClN4O2. The lowest BCUT2D eigenvalue weighted by Gasteiger charge is -2.38. The van der Waals surface area contributed by atoms with E-state index in [1.54, 1.807) is 6.92 Å². The molecule has 2 fully saturated rings. The molecule has 0 aromatic carbocycles. The fourth-order valence-corrected chi connectivity index (χ4v) is 3.76. The number of nitrogens with zero attached hydrogens (tertiary/aromatic N) is 2. The minimum absolute atomic E-state index is 0. The maximum absolute atomic E-state index is 12.9. The lowest BCUT2D eigenvalue weighted by Crippen LogP contribution is -2.45. The molecule has 0 unspecified atom stereocenters. The van der Waals surface area contributed by atoms with E-state index in [0.717, 1.165) is 39.0 Å². The number of carbonyl (C=O) groups excluding carboxylic acids is 1. The predicted molar refractivity (Wildman–Crippen MR) is 101 cm³/mol. The summed E-state index contributed by atoms with van der Waals surface area (Å²) in [4.78, 5) is 34.4. The molecule has 1 amide bonds. The number of halogens is 1. The second-order valence-corrected chi connectivity index (χ2v) is 8.34. The van der Waals surface area contributed by atoms with E-state index in [-0.39, 0.29) is 34.9 Å². The van der Waals surface area contributed by atoms with Gasteiger partial charge in [0.1, 0.15) is 11.4 Å². The van der Waals surface area contributed by atoms with Crippen LogP contribution >= 0.6 is 12.4 Å². The number of nitrogens with one attached hydrogen (secondary N) is 2. The van der Waals surface area contributed by atoms with Gasteiger partial charge in [0.25, 0.3) is 11.5 Å². The Labute approximate surface area is 155 Å². The van der Waals surface area contributed by atoms with Gasteiger partial charge in [0.2, 0.25) is 0 Å². The lowest BCUT2D eigenvalue weighted by atomic mass is 9.78. The van der Waals surface area contributed by atoms with E-state index in [1.807, 2.05) is 25.7 Å². The number of aromatic amines is 1. The SMILES string of the molecule is Cc1nc(C(C)(C)C)[nH]c(=O)c1C(=O)N1CCC2(CCNC2)CC1.Cl. The van der Waals surface area contributed by atoms with E-state index < -0.39 is 0 Å². The third-order valence-corrected chi connectivity index (χ3v) is 5.47. The van der Waals surface area contributed by atoms with E-state index in [1.165, 1.54) is 6.42 Å². The average Bonchev–Trinajstić information content (AvgIpc) is 2.94. The zero-order valence-electron chi connectivity index (χ0n) is 15.6. The Hall–Kier alpha value is -1.40. The molecule has 2 N–H and O–H groups in total. The maximum Gasteiger partial charge on any atom is 0.264 e. The Morgan fingerprint density at radius 1 is 1.20 bits per heavy atom. The fourth-order valence-electron chi connectivity index (χ4n) is 3.76. The highest BCUT2D eigenvalue weighted by molar-refractivity contribution is 5.94. The van der Waals surface area contributed by atoms with Crippen molar-refractivity contribution in [1.82, 2.24) is 20.2 Å². The smallest absolute Gasteiger partial charge is 0.264 e. The number of aromatic nitrogens is 2. The van der Waals surface area contributed by atoms with Gasteiger partial charge >= 0.3 is 0 Å². The molecule has 7 heteroatoms. The molecule has 25 heavy (non-hydrogen) atoms. The monoisotopic (exact) mass is 368 g/mol. The Morgan fingerprint density at radius 3 is 2.32 bits per heavy atom. The molecule has 3 rings (SSSR count). The molecule has 2 aliphatic rings. The van der Waals surface area contributed by atoms with E-state index >= 15 is 0 Å². The van der Waals surface area contributed by atoms with Gasteiger partial charge in [-0.15, -0.1) is 12.4 Å². The molecule has 6 nitrogen and oxygen atoms in total. The number of H-pyrrole nitrogens is 1. The highest BCUT2D eigenvalue weighted by atomic mass is 35.5. The summed E-state index contributed by atoms with van der Waals surface area (Å²) in [5.41, 5.74) is 0.505. The Bertz CT molecular complexity index is 692. The minimum Gasteiger partial charge on any atom is -0.338 e. The molecule has 2 aliphatic heterocycles. The van der Waals surface area contributed by atoms with Crippen molar-refractivity contribution in [2.75, 3.05) is 26.2 Å². The first-order valence-electron chi connectivity index (χ1n) is 8.83. The van der Waals surface area contributed by atoms with Crippen LogP contribution in [0.4, 0.5) is 0 Å². The van der Waals surface area contributed by atoms with E-state index in [0.29, 0.717) is 16.9 Å². The third-order valence-electron chi connectivity index (χ3n) is 5.47.